The van der Waals surface area contributed by atoms with E-state index in [-0.39, 0.29) is 18.1 Å². The van der Waals surface area contributed by atoms with Gasteiger partial charge < -0.3 is 4.90 Å². The third-order valence-electron chi connectivity index (χ3n) is 4.76. The van der Waals surface area contributed by atoms with E-state index in [0.717, 1.165) is 22.0 Å². The number of carbonyl (C=O) groups excluding carboxylic acids is 1. The third kappa shape index (κ3) is 4.09. The maximum absolute atomic E-state index is 13.1. The maximum Gasteiger partial charge on any atom is 0.227 e. The molecule has 0 N–H and O–H groups in total. The molecule has 3 aromatic rings. The van der Waals surface area contributed by atoms with Crippen LogP contribution in [0.1, 0.15) is 11.1 Å². The van der Waals surface area contributed by atoms with Crippen molar-refractivity contribution in [3.63, 3.8) is 0 Å². The van der Waals surface area contributed by atoms with Crippen molar-refractivity contribution in [2.75, 3.05) is 5.75 Å². The highest BCUT2D eigenvalue weighted by molar-refractivity contribution is 7.94. The van der Waals surface area contributed by atoms with Crippen molar-refractivity contribution in [2.24, 2.45) is 0 Å². The first-order chi connectivity index (χ1) is 13.5. The number of benzene rings is 1. The number of carbonyl (C=O) groups is 1. The number of rotatable bonds is 5. The molecule has 1 unspecified atom stereocenters. The Morgan fingerprint density at radius 1 is 1.07 bits per heavy atom. The van der Waals surface area contributed by atoms with Gasteiger partial charge in [-0.25, -0.2) is 8.42 Å². The highest BCUT2D eigenvalue weighted by Crippen LogP contribution is 2.20. The molecule has 28 heavy (non-hydrogen) atoms. The Hall–Kier alpha value is -3.06. The number of pyridine rings is 2. The van der Waals surface area contributed by atoms with Crippen LogP contribution < -0.4 is 0 Å². The van der Waals surface area contributed by atoms with Crippen LogP contribution in [-0.4, -0.2) is 41.0 Å². The van der Waals surface area contributed by atoms with Crippen LogP contribution >= 0.6 is 0 Å². The number of fused-ring (bicyclic) bond motifs is 1. The number of amides is 1. The smallest absolute Gasteiger partial charge is 0.227 e. The zero-order chi connectivity index (χ0) is 19.6. The van der Waals surface area contributed by atoms with Crippen LogP contribution in [-0.2, 0) is 27.6 Å². The Labute approximate surface area is 163 Å². The number of aromatic nitrogens is 2. The molecule has 0 saturated heterocycles. The molecule has 1 aromatic carbocycles. The molecule has 6 nitrogen and oxygen atoms in total. The Kier molecular flexibility index (Phi) is 4.92. The molecule has 0 spiro atoms. The van der Waals surface area contributed by atoms with Crippen molar-refractivity contribution >= 4 is 26.6 Å². The molecule has 0 aliphatic carbocycles. The molecule has 0 radical (unpaired) electrons. The van der Waals surface area contributed by atoms with Gasteiger partial charge in [-0.05, 0) is 47.5 Å². The van der Waals surface area contributed by atoms with E-state index in [2.05, 4.69) is 9.97 Å². The van der Waals surface area contributed by atoms with Crippen LogP contribution in [0.25, 0.3) is 10.9 Å². The van der Waals surface area contributed by atoms with E-state index in [9.17, 15) is 13.2 Å². The monoisotopic (exact) mass is 393 g/mol. The second-order valence-electron chi connectivity index (χ2n) is 6.81. The van der Waals surface area contributed by atoms with E-state index in [0.29, 0.717) is 6.54 Å². The van der Waals surface area contributed by atoms with Crippen molar-refractivity contribution < 1.29 is 13.2 Å². The number of nitrogens with zero attached hydrogens (tertiary/aromatic N) is 3. The molecule has 4 rings (SSSR count). The highest BCUT2D eigenvalue weighted by atomic mass is 32.2. The van der Waals surface area contributed by atoms with Gasteiger partial charge in [0, 0.05) is 35.9 Å². The van der Waals surface area contributed by atoms with Gasteiger partial charge in [0.25, 0.3) is 0 Å². The molecule has 1 amide bonds. The first kappa shape index (κ1) is 18.3. The van der Waals surface area contributed by atoms with Gasteiger partial charge in [-0.1, -0.05) is 12.1 Å². The quantitative estimate of drug-likeness (QED) is 0.665. The van der Waals surface area contributed by atoms with Crippen LogP contribution in [0.15, 0.2) is 72.5 Å². The third-order valence-corrected chi connectivity index (χ3v) is 6.13. The van der Waals surface area contributed by atoms with Crippen LogP contribution in [0.5, 0.6) is 0 Å². The largest absolute Gasteiger partial charge is 0.331 e. The molecule has 142 valence electrons. The molecule has 2 aromatic heterocycles. The van der Waals surface area contributed by atoms with E-state index in [1.807, 2.05) is 42.5 Å². The summed E-state index contributed by atoms with van der Waals surface area (Å²) >= 11 is 0. The van der Waals surface area contributed by atoms with Crippen molar-refractivity contribution in [1.82, 2.24) is 14.9 Å². The van der Waals surface area contributed by atoms with Gasteiger partial charge in [0.2, 0.25) is 5.91 Å². The molecule has 0 fully saturated rings. The summed E-state index contributed by atoms with van der Waals surface area (Å²) in [7, 11) is -3.26. The molecule has 1 atom stereocenters. The van der Waals surface area contributed by atoms with Crippen LogP contribution in [0, 0.1) is 0 Å². The fourth-order valence-corrected chi connectivity index (χ4v) is 4.64. The van der Waals surface area contributed by atoms with Gasteiger partial charge in [0.1, 0.15) is 0 Å². The van der Waals surface area contributed by atoms with Crippen LogP contribution in [0.4, 0.5) is 0 Å². The lowest BCUT2D eigenvalue weighted by Gasteiger charge is -2.28. The molecule has 7 heteroatoms. The van der Waals surface area contributed by atoms with E-state index in [1.165, 1.54) is 5.41 Å². The Balaban J connectivity index is 1.59. The normalized spacial score (nSPS) is 17.6. The van der Waals surface area contributed by atoms with E-state index in [1.54, 1.807) is 29.6 Å². The average molecular weight is 393 g/mol. The first-order valence-electron chi connectivity index (χ1n) is 8.93. The zero-order valence-electron chi connectivity index (χ0n) is 15.1. The molecule has 3 heterocycles. The Morgan fingerprint density at radius 2 is 1.89 bits per heavy atom. The van der Waals surface area contributed by atoms with Gasteiger partial charge in [0.05, 0.1) is 23.7 Å². The molecule has 0 bridgehead atoms. The minimum atomic E-state index is -3.26. The van der Waals surface area contributed by atoms with Crippen molar-refractivity contribution in [3.05, 3.63) is 83.7 Å². The lowest BCUT2D eigenvalue weighted by atomic mass is 10.1. The lowest BCUT2D eigenvalue weighted by Crippen LogP contribution is -2.41. The minimum absolute atomic E-state index is 0.0779. The van der Waals surface area contributed by atoms with Gasteiger partial charge in [-0.3, -0.25) is 14.8 Å². The van der Waals surface area contributed by atoms with Crippen LogP contribution in [0.2, 0.25) is 0 Å². The summed E-state index contributed by atoms with van der Waals surface area (Å²) in [4.78, 5) is 23.0. The first-order valence-corrected chi connectivity index (χ1v) is 10.6. The fourth-order valence-electron chi connectivity index (χ4n) is 3.34. The van der Waals surface area contributed by atoms with Crippen molar-refractivity contribution in [2.45, 2.75) is 19.0 Å². The fraction of sp³-hybridized carbons (Fsp3) is 0.190. The molecule has 1 aliphatic heterocycles. The zero-order valence-corrected chi connectivity index (χ0v) is 15.9. The van der Waals surface area contributed by atoms with Crippen molar-refractivity contribution in [1.29, 1.82) is 0 Å². The van der Waals surface area contributed by atoms with E-state index in [4.69, 9.17) is 0 Å². The summed E-state index contributed by atoms with van der Waals surface area (Å²) in [6, 6.07) is 12.7. The predicted molar refractivity (Wildman–Crippen MR) is 107 cm³/mol. The van der Waals surface area contributed by atoms with Crippen molar-refractivity contribution in [3.8, 4) is 0 Å². The summed E-state index contributed by atoms with van der Waals surface area (Å²) in [6.45, 7) is 0.334. The highest BCUT2D eigenvalue weighted by Gasteiger charge is 2.30. The predicted octanol–water partition coefficient (Wildman–Crippen LogP) is 2.51. The molecule has 1 aliphatic rings. The topological polar surface area (TPSA) is 80.2 Å². The number of hydrogen-bond acceptors (Lipinski definition) is 5. The van der Waals surface area contributed by atoms with E-state index >= 15 is 0 Å². The van der Waals surface area contributed by atoms with Gasteiger partial charge in [0.15, 0.2) is 9.84 Å². The summed E-state index contributed by atoms with van der Waals surface area (Å²) < 4.78 is 23.8. The summed E-state index contributed by atoms with van der Waals surface area (Å²) in [6.07, 6.45) is 6.85. The molecule has 0 saturated carbocycles. The van der Waals surface area contributed by atoms with E-state index < -0.39 is 15.9 Å². The van der Waals surface area contributed by atoms with Gasteiger partial charge in [-0.15, -0.1) is 0 Å². The second kappa shape index (κ2) is 7.52. The van der Waals surface area contributed by atoms with Crippen LogP contribution in [0.3, 0.4) is 0 Å². The summed E-state index contributed by atoms with van der Waals surface area (Å²) in [5.74, 6) is -0.197. The van der Waals surface area contributed by atoms with Gasteiger partial charge in [-0.2, -0.15) is 0 Å². The molecular weight excluding hydrogens is 374 g/mol. The SMILES string of the molecule is O=C(Cc1ccc2ncccc2c1)N(Cc1ccncc1)C1C=CS(=O)(=O)C1. The summed E-state index contributed by atoms with van der Waals surface area (Å²) in [5, 5.41) is 2.17. The van der Waals surface area contributed by atoms with Gasteiger partial charge >= 0.3 is 0 Å². The maximum atomic E-state index is 13.1. The Bertz CT molecular complexity index is 1140. The number of hydrogen-bond donors (Lipinski definition) is 0. The standard InChI is InChI=1S/C21H19N3O3S/c25-21(13-17-3-4-20-18(12-17)2-1-8-23-20)24(14-16-5-9-22-10-6-16)19-7-11-28(26,27)15-19/h1-12,19H,13-15H2. The number of sulfone groups is 1. The average Bonchev–Trinajstić information content (AvgIpc) is 3.06. The molecular formula is C21H19N3O3S. The Morgan fingerprint density at radius 3 is 2.64 bits per heavy atom. The second-order valence-corrected chi connectivity index (χ2v) is 8.74. The lowest BCUT2D eigenvalue weighted by molar-refractivity contribution is -0.132. The summed E-state index contributed by atoms with van der Waals surface area (Å²) in [5.41, 5.74) is 2.65. The minimum Gasteiger partial charge on any atom is -0.331 e.